The lowest BCUT2D eigenvalue weighted by molar-refractivity contribution is 0.689. The summed E-state index contributed by atoms with van der Waals surface area (Å²) in [5, 5.41) is 9.78. The number of hydrogen-bond donors (Lipinski definition) is 2. The van der Waals surface area contributed by atoms with Crippen LogP contribution < -0.4 is 5.73 Å². The van der Waals surface area contributed by atoms with Crippen molar-refractivity contribution in [3.63, 3.8) is 0 Å². The van der Waals surface area contributed by atoms with Gasteiger partial charge in [0.05, 0.1) is 21.4 Å². The Morgan fingerprint density at radius 2 is 1.76 bits per heavy atom. The Bertz CT molecular complexity index is 1490. The number of rotatable bonds is 1. The average Bonchev–Trinajstić information content (AvgIpc) is 3.34. The number of aromatic amines is 1. The zero-order valence-electron chi connectivity index (χ0n) is 15.5. The van der Waals surface area contributed by atoms with E-state index in [-0.39, 0.29) is 0 Å². The second kappa shape index (κ2) is 6.00. The molecule has 0 amide bonds. The predicted octanol–water partition coefficient (Wildman–Crippen LogP) is 5.40. The summed E-state index contributed by atoms with van der Waals surface area (Å²) in [4.78, 5) is 13.1. The minimum atomic E-state index is 0.495. The molecular formula is C22H16N6S. The molecular weight excluding hydrogens is 380 g/mol. The van der Waals surface area contributed by atoms with E-state index in [4.69, 9.17) is 17.3 Å². The maximum absolute atomic E-state index is 7.53. The molecule has 6 rings (SSSR count). The number of nitrogens with one attached hydrogen (secondary N) is 1. The summed E-state index contributed by atoms with van der Waals surface area (Å²) in [5.41, 5.74) is 13.3. The highest BCUT2D eigenvalue weighted by atomic mass is 32.1. The molecule has 0 radical (unpaired) electrons. The van der Waals surface area contributed by atoms with Crippen LogP contribution in [-0.2, 0) is 12.8 Å². The number of benzene rings is 2. The molecule has 0 atom stereocenters. The molecule has 0 spiro atoms. The highest BCUT2D eigenvalue weighted by molar-refractivity contribution is 7.22. The molecule has 29 heavy (non-hydrogen) atoms. The van der Waals surface area contributed by atoms with Gasteiger partial charge in [-0.15, -0.1) is 5.10 Å². The van der Waals surface area contributed by atoms with Crippen LogP contribution in [0, 0.1) is 6.57 Å². The largest absolute Gasteiger partial charge is 0.375 e. The number of nitrogens with two attached hydrogens (primary N) is 1. The number of anilines is 1. The van der Waals surface area contributed by atoms with Crippen LogP contribution in [-0.4, -0.2) is 20.2 Å². The van der Waals surface area contributed by atoms with Crippen LogP contribution in [0.3, 0.4) is 0 Å². The first kappa shape index (κ1) is 16.5. The molecule has 1 aliphatic carbocycles. The van der Waals surface area contributed by atoms with Gasteiger partial charge in [-0.05, 0) is 61.1 Å². The number of H-pyrrole nitrogens is 1. The number of nitrogens with zero attached hydrogens (tertiary/aromatic N) is 4. The second-order valence-electron chi connectivity index (χ2n) is 7.40. The van der Waals surface area contributed by atoms with Gasteiger partial charge in [-0.1, -0.05) is 24.0 Å². The van der Waals surface area contributed by atoms with Crippen molar-refractivity contribution in [2.45, 2.75) is 25.7 Å². The van der Waals surface area contributed by atoms with Gasteiger partial charge >= 0.3 is 0 Å². The summed E-state index contributed by atoms with van der Waals surface area (Å²) in [7, 11) is 0. The summed E-state index contributed by atoms with van der Waals surface area (Å²) in [5.74, 6) is 0.495. The molecule has 2 aromatic carbocycles. The molecule has 3 N–H and O–H groups in total. The minimum Gasteiger partial charge on any atom is -0.375 e. The van der Waals surface area contributed by atoms with E-state index in [1.54, 1.807) is 0 Å². The van der Waals surface area contributed by atoms with Gasteiger partial charge < -0.3 is 10.6 Å². The van der Waals surface area contributed by atoms with Gasteiger partial charge in [-0.25, -0.2) is 15.1 Å². The number of pyridine rings is 1. The van der Waals surface area contributed by atoms with Crippen molar-refractivity contribution in [3.05, 3.63) is 52.9 Å². The highest BCUT2D eigenvalue weighted by Gasteiger charge is 2.22. The Morgan fingerprint density at radius 3 is 2.62 bits per heavy atom. The van der Waals surface area contributed by atoms with Gasteiger partial charge in [0.15, 0.2) is 5.13 Å². The van der Waals surface area contributed by atoms with Crippen molar-refractivity contribution >= 4 is 54.3 Å². The fourth-order valence-corrected chi connectivity index (χ4v) is 5.29. The van der Waals surface area contributed by atoms with Crippen molar-refractivity contribution in [3.8, 4) is 11.3 Å². The average molecular weight is 396 g/mol. The van der Waals surface area contributed by atoms with E-state index in [9.17, 15) is 0 Å². The Hall–Kier alpha value is -3.50. The van der Waals surface area contributed by atoms with Crippen LogP contribution in [0.1, 0.15) is 24.0 Å². The second-order valence-corrected chi connectivity index (χ2v) is 8.46. The molecule has 1 aliphatic rings. The maximum Gasteiger partial charge on any atom is 0.258 e. The number of aromatic nitrogens is 4. The smallest absolute Gasteiger partial charge is 0.258 e. The number of fused-ring (bicyclic) bond motifs is 6. The maximum atomic E-state index is 7.53. The first-order valence-corrected chi connectivity index (χ1v) is 10.4. The van der Waals surface area contributed by atoms with E-state index in [2.05, 4.69) is 32.2 Å². The van der Waals surface area contributed by atoms with Crippen LogP contribution in [0.25, 0.3) is 48.1 Å². The van der Waals surface area contributed by atoms with Crippen LogP contribution in [0.15, 0.2) is 30.3 Å². The van der Waals surface area contributed by atoms with E-state index in [1.165, 1.54) is 22.5 Å². The van der Waals surface area contributed by atoms with Crippen molar-refractivity contribution in [1.82, 2.24) is 20.2 Å². The Labute approximate surface area is 170 Å². The van der Waals surface area contributed by atoms with Crippen molar-refractivity contribution < 1.29 is 0 Å². The van der Waals surface area contributed by atoms with E-state index < -0.39 is 0 Å². The first-order valence-electron chi connectivity index (χ1n) is 9.59. The summed E-state index contributed by atoms with van der Waals surface area (Å²) in [6.45, 7) is 7.53. The Balaban J connectivity index is 1.71. The lowest BCUT2D eigenvalue weighted by Gasteiger charge is -2.22. The normalized spacial score (nSPS) is 13.8. The van der Waals surface area contributed by atoms with Crippen molar-refractivity contribution in [2.24, 2.45) is 0 Å². The number of aryl methyl sites for hydroxylation is 1. The number of nitrogen functional groups attached to an aromatic ring is 1. The molecule has 3 heterocycles. The molecule has 5 aromatic rings. The molecule has 0 saturated carbocycles. The van der Waals surface area contributed by atoms with E-state index >= 15 is 0 Å². The topological polar surface area (TPSA) is 84.8 Å². The van der Waals surface area contributed by atoms with Gasteiger partial charge in [0.2, 0.25) is 0 Å². The molecule has 0 saturated heterocycles. The van der Waals surface area contributed by atoms with Crippen molar-refractivity contribution in [2.75, 3.05) is 5.73 Å². The zero-order valence-corrected chi connectivity index (χ0v) is 16.3. The lowest BCUT2D eigenvalue weighted by Crippen LogP contribution is -2.07. The van der Waals surface area contributed by atoms with E-state index in [0.29, 0.717) is 10.9 Å². The van der Waals surface area contributed by atoms with Gasteiger partial charge in [0, 0.05) is 16.3 Å². The first-order chi connectivity index (χ1) is 14.2. The summed E-state index contributed by atoms with van der Waals surface area (Å²) >= 11 is 1.50. The predicted molar refractivity (Wildman–Crippen MR) is 117 cm³/mol. The summed E-state index contributed by atoms with van der Waals surface area (Å²) in [6.07, 6.45) is 4.30. The molecule has 0 bridgehead atoms. The number of thiazole rings is 1. The van der Waals surface area contributed by atoms with Crippen molar-refractivity contribution in [1.29, 1.82) is 0 Å². The van der Waals surface area contributed by atoms with Crippen LogP contribution in [0.4, 0.5) is 10.9 Å². The van der Waals surface area contributed by atoms with Crippen LogP contribution in [0.5, 0.6) is 0 Å². The van der Waals surface area contributed by atoms with Gasteiger partial charge in [0.25, 0.3) is 5.82 Å². The SMILES string of the molecule is [C-]#[N+]c1[nH]nc2ccc3nc(-c4ccc5nc(N)sc5c4)c4c(c3c12)CCCC4. The summed E-state index contributed by atoms with van der Waals surface area (Å²) in [6, 6.07) is 10.2. The van der Waals surface area contributed by atoms with Crippen LogP contribution in [0.2, 0.25) is 0 Å². The standard InChI is InChI=1S/C22H16N6S/c1-24-21-19-16(27-28-21)9-8-15-18(19)12-4-2-3-5-13(12)20(25-15)11-6-7-14-17(10-11)29-22(23)26-14/h6-10H,2-5H2,(H2,23,26)(H,27,28). The third-order valence-corrected chi connectivity index (χ3v) is 6.61. The molecule has 0 aliphatic heterocycles. The fourth-order valence-electron chi connectivity index (χ4n) is 4.52. The Morgan fingerprint density at radius 1 is 0.966 bits per heavy atom. The molecule has 0 unspecified atom stereocenters. The van der Waals surface area contributed by atoms with Gasteiger partial charge in [-0.3, -0.25) is 0 Å². The van der Waals surface area contributed by atoms with E-state index in [0.717, 1.165) is 69.0 Å². The van der Waals surface area contributed by atoms with Gasteiger partial charge in [0.1, 0.15) is 5.52 Å². The van der Waals surface area contributed by atoms with Gasteiger partial charge in [-0.2, -0.15) is 0 Å². The number of hydrogen-bond acceptors (Lipinski definition) is 5. The highest BCUT2D eigenvalue weighted by Crippen LogP contribution is 2.41. The molecule has 3 aromatic heterocycles. The monoisotopic (exact) mass is 396 g/mol. The quantitative estimate of drug-likeness (QED) is 0.372. The third-order valence-electron chi connectivity index (χ3n) is 5.76. The molecule has 7 heteroatoms. The lowest BCUT2D eigenvalue weighted by atomic mass is 9.85. The van der Waals surface area contributed by atoms with E-state index in [1.807, 2.05) is 18.2 Å². The molecule has 0 fully saturated rings. The molecule has 140 valence electrons. The van der Waals surface area contributed by atoms with Crippen LogP contribution >= 0.6 is 11.3 Å². The summed E-state index contributed by atoms with van der Waals surface area (Å²) < 4.78 is 1.08. The fraction of sp³-hybridized carbons (Fsp3) is 0.182. The molecule has 6 nitrogen and oxygen atoms in total. The minimum absolute atomic E-state index is 0.495. The third kappa shape index (κ3) is 2.36. The zero-order chi connectivity index (χ0) is 19.5. The Kier molecular flexibility index (Phi) is 3.40.